The lowest BCUT2D eigenvalue weighted by Crippen LogP contribution is -2.54. The summed E-state index contributed by atoms with van der Waals surface area (Å²) in [5.74, 6) is 0.914. The summed E-state index contributed by atoms with van der Waals surface area (Å²) in [5, 5.41) is 17.4. The minimum Gasteiger partial charge on any atom is -0.366 e. The van der Waals surface area contributed by atoms with Crippen LogP contribution in [0, 0.1) is 0 Å². The fourth-order valence-corrected chi connectivity index (χ4v) is 6.46. The maximum Gasteiger partial charge on any atom is 0.133 e. The van der Waals surface area contributed by atoms with E-state index < -0.39 is 0 Å². The molecule has 6 aromatic rings. The van der Waals surface area contributed by atoms with Crippen molar-refractivity contribution >= 4 is 16.6 Å². The molecule has 0 saturated carbocycles. The molecule has 0 bridgehead atoms. The van der Waals surface area contributed by atoms with Crippen LogP contribution in [0.2, 0.25) is 0 Å². The Labute approximate surface area is 269 Å². The number of amidine groups is 1. The fraction of sp³-hybridized carbons (Fsp3) is 0.0976. The predicted molar refractivity (Wildman–Crippen MR) is 189 cm³/mol. The largest absolute Gasteiger partial charge is 0.366 e. The quantitative estimate of drug-likeness (QED) is 0.156. The van der Waals surface area contributed by atoms with Crippen LogP contribution in [0.1, 0.15) is 40.8 Å². The molecule has 2 aliphatic heterocycles. The van der Waals surface area contributed by atoms with Gasteiger partial charge in [0.1, 0.15) is 5.84 Å². The molecule has 2 aliphatic rings. The van der Waals surface area contributed by atoms with Gasteiger partial charge in [0.15, 0.2) is 0 Å². The van der Waals surface area contributed by atoms with Crippen LogP contribution in [0.15, 0.2) is 163 Å². The van der Waals surface area contributed by atoms with Gasteiger partial charge in [-0.25, -0.2) is 4.99 Å². The average molecular weight is 598 g/mol. The van der Waals surface area contributed by atoms with Crippen molar-refractivity contribution in [1.82, 2.24) is 21.3 Å². The number of nitrogens with zero attached hydrogens (tertiary/aromatic N) is 1. The van der Waals surface area contributed by atoms with E-state index in [0.717, 1.165) is 17.9 Å². The highest BCUT2D eigenvalue weighted by Gasteiger charge is 2.30. The first-order chi connectivity index (χ1) is 22.8. The van der Waals surface area contributed by atoms with Crippen molar-refractivity contribution in [2.45, 2.75) is 18.5 Å². The Hall–Kier alpha value is -5.33. The van der Waals surface area contributed by atoms with E-state index in [4.69, 9.17) is 0 Å². The molecule has 1 saturated heterocycles. The van der Waals surface area contributed by atoms with Gasteiger partial charge in [-0.3, -0.25) is 16.0 Å². The van der Waals surface area contributed by atoms with Gasteiger partial charge < -0.3 is 5.32 Å². The second-order valence-electron chi connectivity index (χ2n) is 11.8. The maximum atomic E-state index is 4.46. The first-order valence-corrected chi connectivity index (χ1v) is 15.9. The zero-order valence-electron chi connectivity index (χ0n) is 25.4. The van der Waals surface area contributed by atoms with Gasteiger partial charge in [0.2, 0.25) is 0 Å². The number of rotatable bonds is 6. The SMILES string of the molecule is C1=CN=C(c2ccc(-c3ccc(C4NC(c5ccc(-c6ccccc6)cc5)NC(c5cccc6ccccc56)N4)cc3)cc2)NC1. The molecular formula is C41H35N5. The average Bonchev–Trinajstić information content (AvgIpc) is 3.15. The third-order valence-corrected chi connectivity index (χ3v) is 8.92. The topological polar surface area (TPSA) is 60.5 Å². The van der Waals surface area contributed by atoms with E-state index in [9.17, 15) is 0 Å². The number of fused-ring (bicyclic) bond motifs is 1. The van der Waals surface area contributed by atoms with Crippen molar-refractivity contribution in [2.75, 3.05) is 6.54 Å². The zero-order chi connectivity index (χ0) is 30.7. The predicted octanol–water partition coefficient (Wildman–Crippen LogP) is 8.22. The third-order valence-electron chi connectivity index (χ3n) is 8.92. The van der Waals surface area contributed by atoms with E-state index in [1.807, 2.05) is 12.3 Å². The first-order valence-electron chi connectivity index (χ1n) is 15.9. The summed E-state index contributed by atoms with van der Waals surface area (Å²) < 4.78 is 0. The van der Waals surface area contributed by atoms with Crippen LogP contribution in [0.5, 0.6) is 0 Å². The molecule has 0 aliphatic carbocycles. The minimum atomic E-state index is -0.0658. The van der Waals surface area contributed by atoms with E-state index >= 15 is 0 Å². The lowest BCUT2D eigenvalue weighted by atomic mass is 9.98. The van der Waals surface area contributed by atoms with Gasteiger partial charge in [-0.2, -0.15) is 0 Å². The summed E-state index contributed by atoms with van der Waals surface area (Å²) >= 11 is 0. The molecule has 0 spiro atoms. The molecule has 2 heterocycles. The number of nitrogens with one attached hydrogen (secondary N) is 4. The normalized spacial score (nSPS) is 19.4. The Morgan fingerprint density at radius 1 is 0.457 bits per heavy atom. The summed E-state index contributed by atoms with van der Waals surface area (Å²) in [6.45, 7) is 0.808. The van der Waals surface area contributed by atoms with Gasteiger partial charge in [0.25, 0.3) is 0 Å². The van der Waals surface area contributed by atoms with Crippen molar-refractivity contribution < 1.29 is 0 Å². The summed E-state index contributed by atoms with van der Waals surface area (Å²) in [5.41, 5.74) is 9.50. The zero-order valence-corrected chi connectivity index (χ0v) is 25.4. The van der Waals surface area contributed by atoms with E-state index in [0.29, 0.717) is 0 Å². The summed E-state index contributed by atoms with van der Waals surface area (Å²) in [6, 6.07) is 52.1. The third kappa shape index (κ3) is 5.75. The van der Waals surface area contributed by atoms with Crippen LogP contribution < -0.4 is 21.3 Å². The smallest absolute Gasteiger partial charge is 0.133 e. The molecule has 1 fully saturated rings. The van der Waals surface area contributed by atoms with Crippen LogP contribution in [0.25, 0.3) is 33.0 Å². The molecular weight excluding hydrogens is 562 g/mol. The summed E-state index contributed by atoms with van der Waals surface area (Å²) in [7, 11) is 0. The van der Waals surface area contributed by atoms with Crippen molar-refractivity contribution in [2.24, 2.45) is 4.99 Å². The maximum absolute atomic E-state index is 4.46. The minimum absolute atomic E-state index is 0.0570. The molecule has 0 radical (unpaired) electrons. The molecule has 224 valence electrons. The van der Waals surface area contributed by atoms with Gasteiger partial charge in [-0.1, -0.05) is 146 Å². The Morgan fingerprint density at radius 3 is 1.61 bits per heavy atom. The van der Waals surface area contributed by atoms with Gasteiger partial charge >= 0.3 is 0 Å². The molecule has 3 atom stereocenters. The van der Waals surface area contributed by atoms with Gasteiger partial charge in [0, 0.05) is 18.3 Å². The van der Waals surface area contributed by atoms with Crippen molar-refractivity contribution in [3.63, 3.8) is 0 Å². The molecule has 0 amide bonds. The second kappa shape index (κ2) is 12.6. The Morgan fingerprint density at radius 2 is 0.978 bits per heavy atom. The lowest BCUT2D eigenvalue weighted by Gasteiger charge is -2.40. The number of hydrogen-bond acceptors (Lipinski definition) is 5. The molecule has 6 aromatic carbocycles. The van der Waals surface area contributed by atoms with Gasteiger partial charge in [0.05, 0.1) is 18.5 Å². The summed E-state index contributed by atoms with van der Waals surface area (Å²) in [6.07, 6.45) is 3.69. The van der Waals surface area contributed by atoms with E-state index in [1.165, 1.54) is 49.7 Å². The highest BCUT2D eigenvalue weighted by Crippen LogP contribution is 2.32. The summed E-state index contributed by atoms with van der Waals surface area (Å²) in [4.78, 5) is 4.46. The van der Waals surface area contributed by atoms with Crippen LogP contribution in [0.3, 0.4) is 0 Å². The van der Waals surface area contributed by atoms with Crippen molar-refractivity contribution in [3.8, 4) is 22.3 Å². The number of benzene rings is 6. The van der Waals surface area contributed by atoms with E-state index in [2.05, 4.69) is 172 Å². The molecule has 0 aromatic heterocycles. The Bertz CT molecular complexity index is 2010. The molecule has 5 heteroatoms. The van der Waals surface area contributed by atoms with Crippen LogP contribution in [-0.4, -0.2) is 12.4 Å². The molecule has 46 heavy (non-hydrogen) atoms. The Balaban J connectivity index is 1.09. The molecule has 3 unspecified atom stereocenters. The van der Waals surface area contributed by atoms with Crippen LogP contribution >= 0.6 is 0 Å². The van der Waals surface area contributed by atoms with E-state index in [-0.39, 0.29) is 18.5 Å². The lowest BCUT2D eigenvalue weighted by molar-refractivity contribution is 0.204. The first kappa shape index (κ1) is 28.2. The highest BCUT2D eigenvalue weighted by atomic mass is 15.4. The van der Waals surface area contributed by atoms with E-state index in [1.54, 1.807) is 0 Å². The van der Waals surface area contributed by atoms with Crippen LogP contribution in [-0.2, 0) is 0 Å². The standard InChI is InChI=1S/C41H35N5/c1-2-8-28(9-3-1)29-16-22-34(23-17-29)39-44-40(46-41(45-39)37-13-6-11-32-10-4-5-12-36(32)37)35-24-18-31(19-25-35)30-14-20-33(21-15-30)38-42-26-7-27-43-38/h1-26,39-41,44-46H,27H2,(H,42,43). The number of hydrogen-bond donors (Lipinski definition) is 4. The monoisotopic (exact) mass is 597 g/mol. The molecule has 5 nitrogen and oxygen atoms in total. The molecule has 8 rings (SSSR count). The fourth-order valence-electron chi connectivity index (χ4n) is 6.46. The van der Waals surface area contributed by atoms with Crippen molar-refractivity contribution in [1.29, 1.82) is 0 Å². The second-order valence-corrected chi connectivity index (χ2v) is 11.8. The highest BCUT2D eigenvalue weighted by molar-refractivity contribution is 6.00. The Kier molecular flexibility index (Phi) is 7.70. The van der Waals surface area contributed by atoms with Gasteiger partial charge in [-0.05, 0) is 55.8 Å². The van der Waals surface area contributed by atoms with Gasteiger partial charge in [-0.15, -0.1) is 0 Å². The molecule has 4 N–H and O–H groups in total. The van der Waals surface area contributed by atoms with Crippen molar-refractivity contribution in [3.05, 3.63) is 180 Å². The number of aliphatic imine (C=N–C) groups is 1. The van der Waals surface area contributed by atoms with Crippen LogP contribution in [0.4, 0.5) is 0 Å².